The van der Waals surface area contributed by atoms with E-state index in [1.165, 1.54) is 17.4 Å². The number of carbonyl (C=O) groups excluding carboxylic acids is 1. The number of hydrogen-bond donors (Lipinski definition) is 0. The van der Waals surface area contributed by atoms with Crippen LogP contribution in [0.25, 0.3) is 10.2 Å². The molecule has 2 aromatic carbocycles. The number of aromatic nitrogens is 1. The Morgan fingerprint density at radius 2 is 2.04 bits per heavy atom. The minimum absolute atomic E-state index is 0.289. The molecule has 3 rings (SSSR count). The topological polar surface area (TPSA) is 43.6 Å². The maximum atomic E-state index is 12.4. The minimum atomic E-state index is -0.422. The van der Waals surface area contributed by atoms with Gasteiger partial charge in [0.15, 0.2) is 4.80 Å². The molecule has 0 radical (unpaired) electrons. The quantitative estimate of drug-likeness (QED) is 0.661. The largest absolute Gasteiger partial charge is 0.494 e. The first kappa shape index (κ1) is 17.0. The van der Waals surface area contributed by atoms with Crippen molar-refractivity contribution < 1.29 is 9.53 Å². The van der Waals surface area contributed by atoms with Gasteiger partial charge in [-0.1, -0.05) is 34.5 Å². The molecule has 1 aromatic heterocycles. The number of thiazole rings is 1. The highest BCUT2D eigenvalue weighted by atomic mass is 35.5. The lowest BCUT2D eigenvalue weighted by Crippen LogP contribution is -2.13. The monoisotopic (exact) mass is 380 g/mol. The molecule has 0 fully saturated rings. The lowest BCUT2D eigenvalue weighted by molar-refractivity contribution is 0.0998. The second kappa shape index (κ2) is 6.97. The molecule has 1 heterocycles. The van der Waals surface area contributed by atoms with Crippen LogP contribution in [0.5, 0.6) is 5.75 Å². The molecule has 124 valence electrons. The van der Waals surface area contributed by atoms with Gasteiger partial charge in [-0.2, -0.15) is 4.99 Å². The van der Waals surface area contributed by atoms with Gasteiger partial charge in [0.1, 0.15) is 5.75 Å². The highest BCUT2D eigenvalue weighted by Crippen LogP contribution is 2.24. The maximum absolute atomic E-state index is 12.4. The first-order valence-corrected chi connectivity index (χ1v) is 8.83. The van der Waals surface area contributed by atoms with Gasteiger partial charge >= 0.3 is 0 Å². The molecule has 0 N–H and O–H groups in total. The van der Waals surface area contributed by atoms with Crippen LogP contribution in [0.3, 0.4) is 0 Å². The third-order valence-corrected chi connectivity index (χ3v) is 5.11. The predicted molar refractivity (Wildman–Crippen MR) is 98.3 cm³/mol. The Bertz CT molecular complexity index is 992. The summed E-state index contributed by atoms with van der Waals surface area (Å²) in [5.41, 5.74) is 1.27. The summed E-state index contributed by atoms with van der Waals surface area (Å²) in [6, 6.07) is 10.5. The lowest BCUT2D eigenvalue weighted by atomic mass is 10.2. The fraction of sp³-hybridized carbons (Fsp3) is 0.176. The minimum Gasteiger partial charge on any atom is -0.494 e. The first-order valence-electron chi connectivity index (χ1n) is 7.26. The predicted octanol–water partition coefficient (Wildman–Crippen LogP) is 4.69. The normalized spacial score (nSPS) is 11.9. The second-order valence-corrected chi connectivity index (χ2v) is 6.90. The molecule has 7 heteroatoms. The van der Waals surface area contributed by atoms with Crippen molar-refractivity contribution in [3.05, 3.63) is 56.8 Å². The molecule has 4 nitrogen and oxygen atoms in total. The summed E-state index contributed by atoms with van der Waals surface area (Å²) in [5.74, 6) is 0.372. The van der Waals surface area contributed by atoms with Gasteiger partial charge < -0.3 is 9.30 Å². The fourth-order valence-corrected chi connectivity index (χ4v) is 3.70. The Kier molecular flexibility index (Phi) is 4.94. The van der Waals surface area contributed by atoms with Crippen molar-refractivity contribution in [2.75, 3.05) is 6.61 Å². The zero-order valence-corrected chi connectivity index (χ0v) is 15.4. The molecule has 0 aliphatic carbocycles. The highest BCUT2D eigenvalue weighted by molar-refractivity contribution is 7.16. The van der Waals surface area contributed by atoms with Crippen LogP contribution in [0.15, 0.2) is 41.4 Å². The van der Waals surface area contributed by atoms with E-state index in [4.69, 9.17) is 27.9 Å². The second-order valence-electron chi connectivity index (χ2n) is 5.05. The van der Waals surface area contributed by atoms with Crippen molar-refractivity contribution in [2.24, 2.45) is 12.0 Å². The standard InChI is InChI=1S/C17H14Cl2N2O2S/c1-3-23-11-5-7-14-15(9-11)24-17(21(14)2)20-16(22)12-8-10(18)4-6-13(12)19/h4-9H,3H2,1-2H3. The van der Waals surface area contributed by atoms with Crippen LogP contribution >= 0.6 is 34.5 Å². The summed E-state index contributed by atoms with van der Waals surface area (Å²) < 4.78 is 8.37. The average Bonchev–Trinajstić information content (AvgIpc) is 2.85. The van der Waals surface area contributed by atoms with Crippen LogP contribution < -0.4 is 9.54 Å². The number of benzene rings is 2. The van der Waals surface area contributed by atoms with Crippen molar-refractivity contribution in [1.29, 1.82) is 0 Å². The zero-order chi connectivity index (χ0) is 17.3. The fourth-order valence-electron chi connectivity index (χ4n) is 2.29. The molecule has 0 unspecified atom stereocenters. The number of nitrogens with zero attached hydrogens (tertiary/aromatic N) is 2. The Hall–Kier alpha value is -1.82. The van der Waals surface area contributed by atoms with Crippen molar-refractivity contribution in [3.63, 3.8) is 0 Å². The number of hydrogen-bond acceptors (Lipinski definition) is 3. The number of aryl methyl sites for hydroxylation is 1. The summed E-state index contributed by atoms with van der Waals surface area (Å²) >= 11 is 13.4. The van der Waals surface area contributed by atoms with E-state index >= 15 is 0 Å². The molecule has 0 aliphatic rings. The molecule has 1 amide bonds. The molecule has 3 aromatic rings. The van der Waals surface area contributed by atoms with E-state index in [0.29, 0.717) is 21.5 Å². The van der Waals surface area contributed by atoms with Crippen LogP contribution in [-0.4, -0.2) is 17.1 Å². The van der Waals surface area contributed by atoms with E-state index < -0.39 is 5.91 Å². The highest BCUT2D eigenvalue weighted by Gasteiger charge is 2.12. The number of rotatable bonds is 3. The molecule has 0 saturated carbocycles. The van der Waals surface area contributed by atoms with E-state index in [1.807, 2.05) is 36.7 Å². The van der Waals surface area contributed by atoms with Crippen LogP contribution in [0, 0.1) is 0 Å². The molecule has 0 atom stereocenters. The van der Waals surface area contributed by atoms with E-state index in [9.17, 15) is 4.79 Å². The SMILES string of the molecule is CCOc1ccc2c(c1)sc(=NC(=O)c1cc(Cl)ccc1Cl)n2C. The molecule has 0 spiro atoms. The Labute approximate surface area is 152 Å². The van der Waals surface area contributed by atoms with Crippen molar-refractivity contribution >= 4 is 50.7 Å². The lowest BCUT2D eigenvalue weighted by Gasteiger charge is -2.02. The third kappa shape index (κ3) is 3.34. The van der Waals surface area contributed by atoms with Gasteiger partial charge in [-0.15, -0.1) is 0 Å². The average molecular weight is 381 g/mol. The number of fused-ring (bicyclic) bond motifs is 1. The third-order valence-electron chi connectivity index (χ3n) is 3.45. The molecule has 0 aliphatic heterocycles. The molecular formula is C17H14Cl2N2O2S. The number of amides is 1. The summed E-state index contributed by atoms with van der Waals surface area (Å²) in [5, 5.41) is 0.774. The number of ether oxygens (including phenoxy) is 1. The first-order chi connectivity index (χ1) is 11.5. The molecule has 0 saturated heterocycles. The molecule has 24 heavy (non-hydrogen) atoms. The van der Waals surface area contributed by atoms with Gasteiger partial charge in [-0.05, 0) is 43.3 Å². The van der Waals surface area contributed by atoms with Crippen molar-refractivity contribution in [3.8, 4) is 5.75 Å². The van der Waals surface area contributed by atoms with E-state index in [0.717, 1.165) is 16.0 Å². The van der Waals surface area contributed by atoms with E-state index in [2.05, 4.69) is 4.99 Å². The Morgan fingerprint density at radius 1 is 1.25 bits per heavy atom. The zero-order valence-electron chi connectivity index (χ0n) is 13.0. The summed E-state index contributed by atoms with van der Waals surface area (Å²) in [6.45, 7) is 2.54. The van der Waals surface area contributed by atoms with Gasteiger partial charge in [0.05, 0.1) is 27.4 Å². The van der Waals surface area contributed by atoms with Crippen LogP contribution in [0.1, 0.15) is 17.3 Å². The molecular weight excluding hydrogens is 367 g/mol. The number of halogens is 2. The Morgan fingerprint density at radius 3 is 2.79 bits per heavy atom. The number of carbonyl (C=O) groups is 1. The van der Waals surface area contributed by atoms with Crippen LogP contribution in [0.2, 0.25) is 10.0 Å². The van der Waals surface area contributed by atoms with Gasteiger partial charge in [0, 0.05) is 12.1 Å². The smallest absolute Gasteiger partial charge is 0.281 e. The maximum Gasteiger partial charge on any atom is 0.281 e. The summed E-state index contributed by atoms with van der Waals surface area (Å²) in [6.07, 6.45) is 0. The van der Waals surface area contributed by atoms with Crippen molar-refractivity contribution in [2.45, 2.75) is 6.92 Å². The van der Waals surface area contributed by atoms with Gasteiger partial charge in [-0.3, -0.25) is 4.79 Å². The van der Waals surface area contributed by atoms with E-state index in [-0.39, 0.29) is 5.56 Å². The Balaban J connectivity index is 2.07. The molecule has 0 bridgehead atoms. The van der Waals surface area contributed by atoms with Gasteiger partial charge in [-0.25, -0.2) is 0 Å². The summed E-state index contributed by atoms with van der Waals surface area (Å²) in [7, 11) is 1.87. The van der Waals surface area contributed by atoms with Crippen LogP contribution in [-0.2, 0) is 7.05 Å². The van der Waals surface area contributed by atoms with Gasteiger partial charge in [0.2, 0.25) is 0 Å². The van der Waals surface area contributed by atoms with Crippen molar-refractivity contribution in [1.82, 2.24) is 4.57 Å². The summed E-state index contributed by atoms with van der Waals surface area (Å²) in [4.78, 5) is 17.2. The van der Waals surface area contributed by atoms with E-state index in [1.54, 1.807) is 12.1 Å². The van der Waals surface area contributed by atoms with Crippen LogP contribution in [0.4, 0.5) is 0 Å². The van der Waals surface area contributed by atoms with Gasteiger partial charge in [0.25, 0.3) is 5.91 Å².